The highest BCUT2D eigenvalue weighted by atomic mass is 16.5. The number of benzene rings is 1. The number of Topliss-reactive ketones (excluding diaryl/α,β-unsaturated/α-hetero) is 1. The highest BCUT2D eigenvalue weighted by molar-refractivity contribution is 5.98. The second-order valence-corrected chi connectivity index (χ2v) is 7.19. The molecule has 0 spiro atoms. The van der Waals surface area contributed by atoms with Crippen LogP contribution in [0.15, 0.2) is 42.6 Å². The average molecular weight is 395 g/mol. The van der Waals surface area contributed by atoms with Crippen molar-refractivity contribution in [3.8, 4) is 11.5 Å². The monoisotopic (exact) mass is 395 g/mol. The number of hydrogen-bond acceptors (Lipinski definition) is 6. The van der Waals surface area contributed by atoms with Crippen molar-refractivity contribution in [2.75, 3.05) is 44.3 Å². The number of hydrogen-bond donors (Lipinski definition) is 0. The van der Waals surface area contributed by atoms with E-state index in [1.165, 1.54) is 0 Å². The lowest BCUT2D eigenvalue weighted by Crippen LogP contribution is -2.49. The van der Waals surface area contributed by atoms with Crippen molar-refractivity contribution in [2.24, 2.45) is 0 Å². The number of ketones is 1. The average Bonchev–Trinajstić information content (AvgIpc) is 3.03. The summed E-state index contributed by atoms with van der Waals surface area (Å²) in [6.07, 6.45) is 3.01. The first-order valence-electron chi connectivity index (χ1n) is 10.1. The maximum atomic E-state index is 12.6. The third-order valence-corrected chi connectivity index (χ3v) is 5.24. The van der Waals surface area contributed by atoms with Crippen LogP contribution in [0.2, 0.25) is 0 Å². The molecule has 3 heterocycles. The lowest BCUT2D eigenvalue weighted by atomic mass is 10.1. The fraction of sp³-hybridized carbons (Fsp3) is 0.409. The van der Waals surface area contributed by atoms with E-state index in [0.717, 1.165) is 25.3 Å². The van der Waals surface area contributed by atoms with Crippen LogP contribution in [-0.2, 0) is 4.79 Å². The highest BCUT2D eigenvalue weighted by Gasteiger charge is 2.22. The summed E-state index contributed by atoms with van der Waals surface area (Å²) in [6, 6.07) is 11.1. The lowest BCUT2D eigenvalue weighted by molar-refractivity contribution is -0.131. The number of pyridine rings is 1. The molecule has 2 aliphatic rings. The molecule has 1 aromatic carbocycles. The van der Waals surface area contributed by atoms with Crippen molar-refractivity contribution in [1.29, 1.82) is 0 Å². The van der Waals surface area contributed by atoms with E-state index < -0.39 is 0 Å². The molecule has 2 aliphatic heterocycles. The molecule has 0 N–H and O–H groups in total. The van der Waals surface area contributed by atoms with E-state index >= 15 is 0 Å². The minimum Gasteiger partial charge on any atom is -0.490 e. The van der Waals surface area contributed by atoms with Crippen LogP contribution in [0.3, 0.4) is 0 Å². The molecule has 1 amide bonds. The summed E-state index contributed by atoms with van der Waals surface area (Å²) in [5.41, 5.74) is 0.557. The Labute approximate surface area is 170 Å². The van der Waals surface area contributed by atoms with Crippen LogP contribution in [0, 0.1) is 0 Å². The Morgan fingerprint density at radius 2 is 1.72 bits per heavy atom. The van der Waals surface area contributed by atoms with Crippen molar-refractivity contribution in [2.45, 2.75) is 19.3 Å². The second kappa shape index (κ2) is 8.94. The predicted octanol–water partition coefficient (Wildman–Crippen LogP) is 2.55. The minimum atomic E-state index is -0.0545. The minimum absolute atomic E-state index is 0.0216. The standard InChI is InChI=1S/C22H25N3O4/c26-18(17-5-7-19-20(16-17)29-15-3-14-28-19)6-8-22(27)25-12-10-24(11-13-25)21-4-1-2-9-23-21/h1-2,4-5,7,9,16H,3,6,8,10-15H2. The van der Waals surface area contributed by atoms with Gasteiger partial charge in [-0.15, -0.1) is 0 Å². The molecule has 1 fully saturated rings. The van der Waals surface area contributed by atoms with Gasteiger partial charge in [0.1, 0.15) is 5.82 Å². The quantitative estimate of drug-likeness (QED) is 0.725. The van der Waals surface area contributed by atoms with Gasteiger partial charge in [-0.05, 0) is 30.3 Å². The van der Waals surface area contributed by atoms with Crippen molar-refractivity contribution in [1.82, 2.24) is 9.88 Å². The summed E-state index contributed by atoms with van der Waals surface area (Å²) in [4.78, 5) is 33.5. The van der Waals surface area contributed by atoms with Crippen LogP contribution in [0.5, 0.6) is 11.5 Å². The highest BCUT2D eigenvalue weighted by Crippen LogP contribution is 2.30. The zero-order valence-electron chi connectivity index (χ0n) is 16.4. The number of carbonyl (C=O) groups is 2. The number of carbonyl (C=O) groups excluding carboxylic acids is 2. The summed E-state index contributed by atoms with van der Waals surface area (Å²) >= 11 is 0. The SMILES string of the molecule is O=C(CCC(=O)N1CCN(c2ccccn2)CC1)c1ccc2c(c1)OCCCO2. The molecule has 0 saturated carbocycles. The Kier molecular flexibility index (Phi) is 5.93. The molecule has 1 aromatic heterocycles. The largest absolute Gasteiger partial charge is 0.490 e. The van der Waals surface area contributed by atoms with Crippen LogP contribution in [-0.4, -0.2) is 61.0 Å². The van der Waals surface area contributed by atoms with E-state index in [4.69, 9.17) is 9.47 Å². The van der Waals surface area contributed by atoms with Crippen molar-refractivity contribution in [3.05, 3.63) is 48.2 Å². The third kappa shape index (κ3) is 4.67. The number of anilines is 1. The van der Waals surface area contributed by atoms with E-state index in [0.29, 0.717) is 43.4 Å². The maximum absolute atomic E-state index is 12.6. The Hall–Kier alpha value is -3.09. The Morgan fingerprint density at radius 3 is 2.48 bits per heavy atom. The maximum Gasteiger partial charge on any atom is 0.223 e. The molecule has 1 saturated heterocycles. The normalized spacial score (nSPS) is 16.3. The van der Waals surface area contributed by atoms with Gasteiger partial charge in [-0.25, -0.2) is 4.98 Å². The molecule has 0 atom stereocenters. The molecule has 0 aliphatic carbocycles. The van der Waals surface area contributed by atoms with Crippen LogP contribution in [0.4, 0.5) is 5.82 Å². The van der Waals surface area contributed by atoms with Gasteiger partial charge >= 0.3 is 0 Å². The molecule has 7 heteroatoms. The Balaban J connectivity index is 1.28. The van der Waals surface area contributed by atoms with Gasteiger partial charge in [0, 0.05) is 57.2 Å². The van der Waals surface area contributed by atoms with Crippen LogP contribution in [0.1, 0.15) is 29.6 Å². The summed E-state index contributed by atoms with van der Waals surface area (Å²) in [5, 5.41) is 0. The first-order chi connectivity index (χ1) is 14.2. The predicted molar refractivity (Wildman–Crippen MR) is 109 cm³/mol. The smallest absolute Gasteiger partial charge is 0.223 e. The molecule has 4 rings (SSSR count). The number of fused-ring (bicyclic) bond motifs is 1. The fourth-order valence-corrected chi connectivity index (χ4v) is 3.59. The first-order valence-corrected chi connectivity index (χ1v) is 10.1. The summed E-state index contributed by atoms with van der Waals surface area (Å²) in [7, 11) is 0. The number of ether oxygens (including phenoxy) is 2. The molecular formula is C22H25N3O4. The molecule has 2 aromatic rings. The topological polar surface area (TPSA) is 72.0 Å². The number of amides is 1. The van der Waals surface area contributed by atoms with E-state index in [1.807, 2.05) is 23.1 Å². The van der Waals surface area contributed by atoms with Crippen LogP contribution >= 0.6 is 0 Å². The fourth-order valence-electron chi connectivity index (χ4n) is 3.59. The lowest BCUT2D eigenvalue weighted by Gasteiger charge is -2.35. The summed E-state index contributed by atoms with van der Waals surface area (Å²) < 4.78 is 11.2. The second-order valence-electron chi connectivity index (χ2n) is 7.19. The van der Waals surface area contributed by atoms with E-state index in [1.54, 1.807) is 24.4 Å². The van der Waals surface area contributed by atoms with E-state index in [-0.39, 0.29) is 24.5 Å². The third-order valence-electron chi connectivity index (χ3n) is 5.24. The Morgan fingerprint density at radius 1 is 0.931 bits per heavy atom. The van der Waals surface area contributed by atoms with Gasteiger partial charge < -0.3 is 19.3 Å². The molecule has 0 radical (unpaired) electrons. The summed E-state index contributed by atoms with van der Waals surface area (Å²) in [6.45, 7) is 3.98. The molecule has 7 nitrogen and oxygen atoms in total. The van der Waals surface area contributed by atoms with Crippen molar-refractivity contribution >= 4 is 17.5 Å². The Bertz CT molecular complexity index is 864. The molecule has 29 heavy (non-hydrogen) atoms. The van der Waals surface area contributed by atoms with Gasteiger partial charge in [-0.3, -0.25) is 9.59 Å². The van der Waals surface area contributed by atoms with Gasteiger partial charge in [0.05, 0.1) is 13.2 Å². The van der Waals surface area contributed by atoms with Gasteiger partial charge in [-0.2, -0.15) is 0 Å². The zero-order chi connectivity index (χ0) is 20.1. The van der Waals surface area contributed by atoms with Gasteiger partial charge in [0.15, 0.2) is 17.3 Å². The summed E-state index contributed by atoms with van der Waals surface area (Å²) in [5.74, 6) is 2.17. The zero-order valence-corrected chi connectivity index (χ0v) is 16.4. The van der Waals surface area contributed by atoms with Gasteiger partial charge in [-0.1, -0.05) is 6.07 Å². The molecule has 0 bridgehead atoms. The van der Waals surface area contributed by atoms with Crippen LogP contribution in [0.25, 0.3) is 0 Å². The van der Waals surface area contributed by atoms with Gasteiger partial charge in [0.25, 0.3) is 0 Å². The molecule has 0 unspecified atom stereocenters. The van der Waals surface area contributed by atoms with Crippen molar-refractivity contribution < 1.29 is 19.1 Å². The van der Waals surface area contributed by atoms with E-state index in [9.17, 15) is 9.59 Å². The first kappa shape index (κ1) is 19.2. The molecular weight excluding hydrogens is 370 g/mol. The van der Waals surface area contributed by atoms with Gasteiger partial charge in [0.2, 0.25) is 5.91 Å². The number of nitrogens with zero attached hydrogens (tertiary/aromatic N) is 3. The molecule has 152 valence electrons. The van der Waals surface area contributed by atoms with E-state index in [2.05, 4.69) is 9.88 Å². The van der Waals surface area contributed by atoms with Crippen molar-refractivity contribution in [3.63, 3.8) is 0 Å². The number of rotatable bonds is 5. The number of aromatic nitrogens is 1. The number of piperazine rings is 1. The van der Waals surface area contributed by atoms with Crippen LogP contribution < -0.4 is 14.4 Å².